The highest BCUT2D eigenvalue weighted by Crippen LogP contribution is 2.26. The Morgan fingerprint density at radius 2 is 1.93 bits per heavy atom. The number of halogens is 4. The van der Waals surface area contributed by atoms with E-state index in [1.165, 1.54) is 0 Å². The highest BCUT2D eigenvalue weighted by Gasteiger charge is 2.36. The lowest BCUT2D eigenvalue weighted by Gasteiger charge is -2.03. The summed E-state index contributed by atoms with van der Waals surface area (Å²) in [6.45, 7) is 0. The van der Waals surface area contributed by atoms with Crippen molar-refractivity contribution in [2.45, 2.75) is 6.18 Å². The van der Waals surface area contributed by atoms with Gasteiger partial charge in [0.1, 0.15) is 0 Å². The van der Waals surface area contributed by atoms with Crippen LogP contribution in [-0.2, 0) is 6.18 Å². The van der Waals surface area contributed by atoms with Crippen LogP contribution in [0.2, 0.25) is 5.15 Å². The SMILES string of the molecule is O=C(O)c1nnc(C(F)(F)F)nc1Cl. The summed E-state index contributed by atoms with van der Waals surface area (Å²) in [7, 11) is 0. The molecule has 0 radical (unpaired) electrons. The number of carbonyl (C=O) groups is 1. The molecule has 1 N–H and O–H groups in total. The molecule has 5 nitrogen and oxygen atoms in total. The number of rotatable bonds is 1. The van der Waals surface area contributed by atoms with Gasteiger partial charge in [-0.25, -0.2) is 9.78 Å². The molecule has 0 fully saturated rings. The third kappa shape index (κ3) is 2.08. The molecule has 1 aromatic rings. The number of carboxylic acids is 1. The number of aromatic carboxylic acids is 1. The van der Waals surface area contributed by atoms with Crippen LogP contribution >= 0.6 is 11.6 Å². The zero-order valence-corrected chi connectivity index (χ0v) is 6.96. The Kier molecular flexibility index (Phi) is 2.56. The van der Waals surface area contributed by atoms with Crippen LogP contribution in [-0.4, -0.2) is 26.3 Å². The van der Waals surface area contributed by atoms with Crippen LogP contribution in [0.1, 0.15) is 16.3 Å². The van der Waals surface area contributed by atoms with Crippen LogP contribution in [0.4, 0.5) is 13.2 Å². The predicted octanol–water partition coefficient (Wildman–Crippen LogP) is 1.24. The van der Waals surface area contributed by atoms with Gasteiger partial charge in [-0.05, 0) is 0 Å². The fraction of sp³-hybridized carbons (Fsp3) is 0.200. The molecule has 1 heterocycles. The monoisotopic (exact) mass is 227 g/mol. The van der Waals surface area contributed by atoms with Crippen LogP contribution in [0.15, 0.2) is 0 Å². The van der Waals surface area contributed by atoms with E-state index in [0.29, 0.717) is 0 Å². The van der Waals surface area contributed by atoms with Crippen LogP contribution in [0, 0.1) is 0 Å². The topological polar surface area (TPSA) is 76.0 Å². The van der Waals surface area contributed by atoms with Crippen molar-refractivity contribution in [3.8, 4) is 0 Å². The third-order valence-electron chi connectivity index (χ3n) is 1.10. The Balaban J connectivity index is 3.20. The Morgan fingerprint density at radius 3 is 2.29 bits per heavy atom. The number of aromatic nitrogens is 3. The van der Waals surface area contributed by atoms with Crippen LogP contribution in [0.3, 0.4) is 0 Å². The first-order chi connectivity index (χ1) is 6.32. The molecule has 0 aliphatic heterocycles. The Morgan fingerprint density at radius 1 is 1.36 bits per heavy atom. The van der Waals surface area contributed by atoms with Crippen molar-refractivity contribution in [2.75, 3.05) is 0 Å². The van der Waals surface area contributed by atoms with Crippen LogP contribution < -0.4 is 0 Å². The number of hydrogen-bond donors (Lipinski definition) is 1. The summed E-state index contributed by atoms with van der Waals surface area (Å²) in [6, 6.07) is 0. The summed E-state index contributed by atoms with van der Waals surface area (Å²) in [5.74, 6) is -3.17. The molecule has 0 aliphatic rings. The molecule has 0 bridgehead atoms. The van der Waals surface area contributed by atoms with E-state index in [1.54, 1.807) is 0 Å². The maximum Gasteiger partial charge on any atom is 0.453 e. The second kappa shape index (κ2) is 3.37. The molecule has 0 aromatic carbocycles. The lowest BCUT2D eigenvalue weighted by atomic mass is 10.5. The van der Waals surface area contributed by atoms with Crippen molar-refractivity contribution >= 4 is 17.6 Å². The summed E-state index contributed by atoms with van der Waals surface area (Å²) in [5, 5.41) is 12.9. The Hall–Kier alpha value is -1.44. The van der Waals surface area contributed by atoms with Gasteiger partial charge in [0.05, 0.1) is 0 Å². The quantitative estimate of drug-likeness (QED) is 0.781. The number of hydrogen-bond acceptors (Lipinski definition) is 4. The molecule has 9 heteroatoms. The molecule has 0 saturated heterocycles. The summed E-state index contributed by atoms with van der Waals surface area (Å²) < 4.78 is 35.8. The van der Waals surface area contributed by atoms with E-state index in [2.05, 4.69) is 15.2 Å². The highest BCUT2D eigenvalue weighted by atomic mass is 35.5. The molecule has 14 heavy (non-hydrogen) atoms. The van der Waals surface area contributed by atoms with Crippen molar-refractivity contribution < 1.29 is 23.1 Å². The van der Waals surface area contributed by atoms with Gasteiger partial charge in [0.25, 0.3) is 5.82 Å². The van der Waals surface area contributed by atoms with E-state index in [1.807, 2.05) is 0 Å². The lowest BCUT2D eigenvalue weighted by Crippen LogP contribution is -2.15. The minimum atomic E-state index is -4.80. The first-order valence-corrected chi connectivity index (χ1v) is 3.41. The van der Waals surface area contributed by atoms with E-state index < -0.39 is 28.8 Å². The van der Waals surface area contributed by atoms with Crippen molar-refractivity contribution in [3.63, 3.8) is 0 Å². The molecule has 0 amide bonds. The number of nitrogens with zero attached hydrogens (tertiary/aromatic N) is 3. The van der Waals surface area contributed by atoms with Gasteiger partial charge >= 0.3 is 12.1 Å². The summed E-state index contributed by atoms with van der Waals surface area (Å²) >= 11 is 5.14. The molecule has 0 saturated carbocycles. The molecule has 0 unspecified atom stereocenters. The van der Waals surface area contributed by atoms with Crippen LogP contribution in [0.5, 0.6) is 0 Å². The van der Waals surface area contributed by atoms with Gasteiger partial charge in [-0.3, -0.25) is 0 Å². The maximum absolute atomic E-state index is 11.9. The minimum Gasteiger partial charge on any atom is -0.476 e. The van der Waals surface area contributed by atoms with Crippen molar-refractivity contribution in [2.24, 2.45) is 0 Å². The summed E-state index contributed by atoms with van der Waals surface area (Å²) in [5.41, 5.74) is -0.820. The largest absolute Gasteiger partial charge is 0.476 e. The fourth-order valence-electron chi connectivity index (χ4n) is 0.558. The standard InChI is InChI=1S/C5HClF3N3O2/c6-2-1(3(13)14)11-12-4(10-2)5(7,8)9/h(H,13,14). The first kappa shape index (κ1) is 10.6. The molecule has 0 atom stereocenters. The van der Waals surface area contributed by atoms with Crippen molar-refractivity contribution in [3.05, 3.63) is 16.7 Å². The molecule has 1 rings (SSSR count). The second-order valence-electron chi connectivity index (χ2n) is 2.08. The first-order valence-electron chi connectivity index (χ1n) is 3.03. The van der Waals surface area contributed by atoms with E-state index in [4.69, 9.17) is 16.7 Å². The van der Waals surface area contributed by atoms with Gasteiger partial charge in [0, 0.05) is 0 Å². The van der Waals surface area contributed by atoms with Crippen molar-refractivity contribution in [1.82, 2.24) is 15.2 Å². The van der Waals surface area contributed by atoms with Gasteiger partial charge in [-0.1, -0.05) is 11.6 Å². The zero-order valence-electron chi connectivity index (χ0n) is 6.21. The maximum atomic E-state index is 11.9. The van der Waals surface area contributed by atoms with Gasteiger partial charge < -0.3 is 5.11 Å². The summed E-state index contributed by atoms with van der Waals surface area (Å²) in [4.78, 5) is 13.0. The number of carboxylic acid groups (broad SMARTS) is 1. The third-order valence-corrected chi connectivity index (χ3v) is 1.36. The summed E-state index contributed by atoms with van der Waals surface area (Å²) in [6.07, 6.45) is -4.80. The van der Waals surface area contributed by atoms with Crippen LogP contribution in [0.25, 0.3) is 0 Å². The highest BCUT2D eigenvalue weighted by molar-refractivity contribution is 6.31. The average molecular weight is 228 g/mol. The molecule has 1 aromatic heterocycles. The van der Waals surface area contributed by atoms with Gasteiger partial charge in [0.2, 0.25) is 5.69 Å². The molecular weight excluding hydrogens is 227 g/mol. The minimum absolute atomic E-state index is 0.820. The van der Waals surface area contributed by atoms with Gasteiger partial charge in [-0.15, -0.1) is 10.2 Å². The Labute approximate surface area is 79.5 Å². The molecular formula is C5HClF3N3O2. The fourth-order valence-corrected chi connectivity index (χ4v) is 0.757. The van der Waals surface area contributed by atoms with E-state index in [9.17, 15) is 18.0 Å². The molecule has 0 spiro atoms. The molecule has 76 valence electrons. The predicted molar refractivity (Wildman–Crippen MR) is 36.8 cm³/mol. The molecule has 0 aliphatic carbocycles. The average Bonchev–Trinajstić information content (AvgIpc) is 2.01. The zero-order chi connectivity index (χ0) is 10.9. The van der Waals surface area contributed by atoms with Gasteiger partial charge in [0.15, 0.2) is 5.15 Å². The second-order valence-corrected chi connectivity index (χ2v) is 2.44. The lowest BCUT2D eigenvalue weighted by molar-refractivity contribution is -0.145. The normalized spacial score (nSPS) is 11.4. The van der Waals surface area contributed by atoms with Gasteiger partial charge in [-0.2, -0.15) is 13.2 Å². The van der Waals surface area contributed by atoms with Crippen molar-refractivity contribution in [1.29, 1.82) is 0 Å². The van der Waals surface area contributed by atoms with E-state index in [-0.39, 0.29) is 0 Å². The van der Waals surface area contributed by atoms with E-state index in [0.717, 1.165) is 0 Å². The Bertz CT molecular complexity index is 381. The van der Waals surface area contributed by atoms with E-state index >= 15 is 0 Å². The smallest absolute Gasteiger partial charge is 0.453 e. The number of alkyl halides is 3.